The molecule has 0 aliphatic heterocycles. The average Bonchev–Trinajstić information content (AvgIpc) is 2.97. The predicted molar refractivity (Wildman–Crippen MR) is 65.5 cm³/mol. The number of methoxy groups -OCH3 is 1. The third kappa shape index (κ3) is 1.74. The maximum atomic E-state index is 11.6. The normalized spacial score (nSPS) is 33.6. The number of carbonyl (C=O) groups is 1. The molecule has 0 saturated heterocycles. The van der Waals surface area contributed by atoms with Crippen molar-refractivity contribution in [1.29, 1.82) is 0 Å². The van der Waals surface area contributed by atoms with Crippen LogP contribution in [0.1, 0.15) is 30.9 Å². The van der Waals surface area contributed by atoms with Crippen molar-refractivity contribution < 1.29 is 9.53 Å². The van der Waals surface area contributed by atoms with E-state index in [0.717, 1.165) is 25.0 Å². The minimum absolute atomic E-state index is 0.0526. The van der Waals surface area contributed by atoms with E-state index in [2.05, 4.69) is 9.97 Å². The zero-order valence-corrected chi connectivity index (χ0v) is 10.4. The number of nitrogens with two attached hydrogens (primary N) is 1. The molecule has 2 bridgehead atoms. The highest BCUT2D eigenvalue weighted by molar-refractivity contribution is 5.73. The summed E-state index contributed by atoms with van der Waals surface area (Å²) in [4.78, 5) is 19.9. The van der Waals surface area contributed by atoms with Crippen LogP contribution >= 0.6 is 0 Å². The lowest BCUT2D eigenvalue weighted by Gasteiger charge is -2.25. The lowest BCUT2D eigenvalue weighted by molar-refractivity contribution is -0.147. The van der Waals surface area contributed by atoms with E-state index < -0.39 is 0 Å². The highest BCUT2D eigenvalue weighted by atomic mass is 16.5. The van der Waals surface area contributed by atoms with Crippen molar-refractivity contribution in [1.82, 2.24) is 9.97 Å². The van der Waals surface area contributed by atoms with Crippen LogP contribution in [0.3, 0.4) is 0 Å². The minimum Gasteiger partial charge on any atom is -0.469 e. The van der Waals surface area contributed by atoms with Crippen LogP contribution in [0.2, 0.25) is 0 Å². The number of ether oxygens (including phenoxy) is 1. The molecule has 1 aromatic heterocycles. The Bertz CT molecular complexity index is 477. The lowest BCUT2D eigenvalue weighted by Crippen LogP contribution is -2.25. The molecule has 2 aliphatic carbocycles. The summed E-state index contributed by atoms with van der Waals surface area (Å²) in [5.41, 5.74) is 6.65. The van der Waals surface area contributed by atoms with Gasteiger partial charge >= 0.3 is 5.97 Å². The van der Waals surface area contributed by atoms with Gasteiger partial charge in [-0.3, -0.25) is 4.79 Å². The number of carbonyl (C=O) groups excluding carboxylic acids is 1. The van der Waals surface area contributed by atoms with Gasteiger partial charge in [0.2, 0.25) is 5.95 Å². The summed E-state index contributed by atoms with van der Waals surface area (Å²) >= 11 is 0. The number of esters is 1. The molecule has 0 aromatic carbocycles. The number of rotatable bonds is 2. The van der Waals surface area contributed by atoms with Gasteiger partial charge in [-0.1, -0.05) is 0 Å². The first-order chi connectivity index (χ1) is 8.69. The molecule has 0 radical (unpaired) electrons. The highest BCUT2D eigenvalue weighted by Gasteiger charge is 2.49. The fourth-order valence-corrected chi connectivity index (χ4v) is 3.67. The van der Waals surface area contributed by atoms with Crippen LogP contribution in [0.4, 0.5) is 5.95 Å². The Labute approximate surface area is 106 Å². The third-order valence-corrected chi connectivity index (χ3v) is 4.44. The Morgan fingerprint density at radius 2 is 2.22 bits per heavy atom. The maximum Gasteiger partial charge on any atom is 0.308 e. The number of nitrogens with zero attached hydrogens (tertiary/aromatic N) is 2. The van der Waals surface area contributed by atoms with Crippen LogP contribution in [-0.4, -0.2) is 23.0 Å². The van der Waals surface area contributed by atoms with Gasteiger partial charge in [0.15, 0.2) is 0 Å². The Balaban J connectivity index is 1.76. The van der Waals surface area contributed by atoms with Gasteiger partial charge in [0.1, 0.15) is 0 Å². The van der Waals surface area contributed by atoms with Crippen molar-refractivity contribution in [2.45, 2.75) is 25.2 Å². The molecule has 0 amide bonds. The standard InChI is InChI=1S/C13H17N3O2/c1-18-12(17)10-6-7-4-8(10)5-9(7)11-2-3-15-13(14)16-11/h2-3,7-10H,4-6H2,1H3,(H2,14,15,16). The van der Waals surface area contributed by atoms with Crippen LogP contribution in [-0.2, 0) is 9.53 Å². The van der Waals surface area contributed by atoms with E-state index in [-0.39, 0.29) is 11.9 Å². The number of fused-ring (bicyclic) bond motifs is 2. The fourth-order valence-electron chi connectivity index (χ4n) is 3.67. The minimum atomic E-state index is -0.0526. The van der Waals surface area contributed by atoms with Crippen molar-refractivity contribution in [3.05, 3.63) is 18.0 Å². The van der Waals surface area contributed by atoms with Crippen molar-refractivity contribution in [2.24, 2.45) is 17.8 Å². The summed E-state index contributed by atoms with van der Waals surface area (Å²) in [5, 5.41) is 0. The number of nitrogen functional groups attached to an aromatic ring is 1. The quantitative estimate of drug-likeness (QED) is 0.798. The first-order valence-corrected chi connectivity index (χ1v) is 6.35. The fraction of sp³-hybridized carbons (Fsp3) is 0.615. The van der Waals surface area contributed by atoms with E-state index in [1.807, 2.05) is 6.07 Å². The Morgan fingerprint density at radius 3 is 2.83 bits per heavy atom. The van der Waals surface area contributed by atoms with Gasteiger partial charge in [0, 0.05) is 17.8 Å². The molecule has 2 aliphatic rings. The maximum absolute atomic E-state index is 11.6. The van der Waals surface area contributed by atoms with Crippen LogP contribution in [0.25, 0.3) is 0 Å². The van der Waals surface area contributed by atoms with E-state index in [0.29, 0.717) is 23.7 Å². The summed E-state index contributed by atoms with van der Waals surface area (Å²) in [6, 6.07) is 1.94. The molecular weight excluding hydrogens is 230 g/mol. The van der Waals surface area contributed by atoms with E-state index in [9.17, 15) is 4.79 Å². The van der Waals surface area contributed by atoms with E-state index in [1.54, 1.807) is 6.20 Å². The molecule has 2 fully saturated rings. The molecule has 18 heavy (non-hydrogen) atoms. The number of hydrogen-bond acceptors (Lipinski definition) is 5. The highest BCUT2D eigenvalue weighted by Crippen LogP contribution is 2.55. The molecule has 96 valence electrons. The largest absolute Gasteiger partial charge is 0.469 e. The van der Waals surface area contributed by atoms with Gasteiger partial charge in [0.25, 0.3) is 0 Å². The number of hydrogen-bond donors (Lipinski definition) is 1. The lowest BCUT2D eigenvalue weighted by atomic mass is 9.80. The van der Waals surface area contributed by atoms with Crippen LogP contribution in [0.5, 0.6) is 0 Å². The second-order valence-corrected chi connectivity index (χ2v) is 5.30. The smallest absolute Gasteiger partial charge is 0.308 e. The molecule has 4 atom stereocenters. The topological polar surface area (TPSA) is 78.1 Å². The van der Waals surface area contributed by atoms with E-state index in [4.69, 9.17) is 10.5 Å². The van der Waals surface area contributed by atoms with Gasteiger partial charge < -0.3 is 10.5 Å². The molecule has 5 nitrogen and oxygen atoms in total. The van der Waals surface area contributed by atoms with Gasteiger partial charge in [-0.2, -0.15) is 0 Å². The van der Waals surface area contributed by atoms with Gasteiger partial charge in [0.05, 0.1) is 13.0 Å². The summed E-state index contributed by atoms with van der Waals surface area (Å²) in [6.07, 6.45) is 4.75. The first kappa shape index (κ1) is 11.4. The van der Waals surface area contributed by atoms with Crippen LogP contribution in [0.15, 0.2) is 12.3 Å². The van der Waals surface area contributed by atoms with E-state index in [1.165, 1.54) is 7.11 Å². The second-order valence-electron chi connectivity index (χ2n) is 5.30. The molecule has 0 spiro atoms. The van der Waals surface area contributed by atoms with Crippen molar-refractivity contribution in [3.63, 3.8) is 0 Å². The molecule has 1 aromatic rings. The monoisotopic (exact) mass is 247 g/mol. The van der Waals surface area contributed by atoms with Crippen LogP contribution < -0.4 is 5.73 Å². The molecule has 2 saturated carbocycles. The van der Waals surface area contributed by atoms with Crippen molar-refractivity contribution >= 4 is 11.9 Å². The van der Waals surface area contributed by atoms with Crippen molar-refractivity contribution in [2.75, 3.05) is 12.8 Å². The summed E-state index contributed by atoms with van der Waals surface area (Å²) < 4.78 is 4.86. The van der Waals surface area contributed by atoms with Gasteiger partial charge in [-0.15, -0.1) is 0 Å². The predicted octanol–water partition coefficient (Wildman–Crippen LogP) is 1.36. The Kier molecular flexibility index (Phi) is 2.69. The molecular formula is C13H17N3O2. The van der Waals surface area contributed by atoms with Gasteiger partial charge in [-0.05, 0) is 37.2 Å². The zero-order valence-electron chi connectivity index (χ0n) is 10.4. The van der Waals surface area contributed by atoms with Crippen LogP contribution in [0, 0.1) is 17.8 Å². The summed E-state index contributed by atoms with van der Waals surface area (Å²) in [5.74, 6) is 1.79. The SMILES string of the molecule is COC(=O)C1CC2CC1CC2c1ccnc(N)n1. The average molecular weight is 247 g/mol. The zero-order chi connectivity index (χ0) is 12.7. The summed E-state index contributed by atoms with van der Waals surface area (Å²) in [6.45, 7) is 0. The third-order valence-electron chi connectivity index (χ3n) is 4.44. The number of aromatic nitrogens is 2. The van der Waals surface area contributed by atoms with Gasteiger partial charge in [-0.25, -0.2) is 9.97 Å². The first-order valence-electron chi connectivity index (χ1n) is 6.35. The molecule has 4 unspecified atom stereocenters. The second kappa shape index (κ2) is 4.23. The van der Waals surface area contributed by atoms with Crippen molar-refractivity contribution in [3.8, 4) is 0 Å². The molecule has 2 N–H and O–H groups in total. The molecule has 5 heteroatoms. The molecule has 1 heterocycles. The molecule has 3 rings (SSSR count). The van der Waals surface area contributed by atoms with E-state index >= 15 is 0 Å². The number of anilines is 1. The summed E-state index contributed by atoms with van der Waals surface area (Å²) in [7, 11) is 1.47. The Hall–Kier alpha value is -1.65. The Morgan fingerprint density at radius 1 is 1.39 bits per heavy atom.